The van der Waals surface area contributed by atoms with E-state index in [9.17, 15) is 4.79 Å². The van der Waals surface area contributed by atoms with Gasteiger partial charge in [0.25, 0.3) is 0 Å². The molecule has 15 heavy (non-hydrogen) atoms. The maximum Gasteiger partial charge on any atom is 0.310 e. The minimum atomic E-state index is -0.756. The van der Waals surface area contributed by atoms with Gasteiger partial charge in [0.05, 0.1) is 5.92 Å². The lowest BCUT2D eigenvalue weighted by Gasteiger charge is -2.22. The molecule has 0 bridgehead atoms. The Morgan fingerprint density at radius 1 is 1.53 bits per heavy atom. The molecule has 2 N–H and O–H groups in total. The van der Waals surface area contributed by atoms with Crippen LogP contribution >= 0.6 is 0 Å². The molecule has 0 aromatic heterocycles. The Labute approximate surface area is 89.1 Å². The summed E-state index contributed by atoms with van der Waals surface area (Å²) in [5.41, 5.74) is 3.42. The average Bonchev–Trinajstić information content (AvgIpc) is 2.27. The molecule has 80 valence electrons. The van der Waals surface area contributed by atoms with Gasteiger partial charge in [-0.05, 0) is 36.6 Å². The van der Waals surface area contributed by atoms with Crippen molar-refractivity contribution in [2.75, 3.05) is 6.54 Å². The summed E-state index contributed by atoms with van der Waals surface area (Å²) in [5, 5.41) is 12.3. The van der Waals surface area contributed by atoms with E-state index in [-0.39, 0.29) is 0 Å². The smallest absolute Gasteiger partial charge is 0.310 e. The first-order valence-corrected chi connectivity index (χ1v) is 5.24. The largest absolute Gasteiger partial charge is 0.481 e. The number of fused-ring (bicyclic) bond motifs is 1. The highest BCUT2D eigenvalue weighted by Gasteiger charge is 2.20. The summed E-state index contributed by atoms with van der Waals surface area (Å²) in [6.07, 6.45) is 0.996. The standard InChI is InChI=1S/C12H15NO2/c1-8(12(14)15)10-4-2-3-9-5-6-13-7-11(9)10/h2-4,8,13H,5-7H2,1H3,(H,14,15). The Balaban J connectivity index is 2.43. The first-order chi connectivity index (χ1) is 7.20. The van der Waals surface area contributed by atoms with Crippen LogP contribution in [0.2, 0.25) is 0 Å². The van der Waals surface area contributed by atoms with Crippen molar-refractivity contribution < 1.29 is 9.90 Å². The SMILES string of the molecule is CC(C(=O)O)c1cccc2c1CNCC2. The van der Waals surface area contributed by atoms with Crippen molar-refractivity contribution in [3.05, 3.63) is 34.9 Å². The van der Waals surface area contributed by atoms with Gasteiger partial charge in [0, 0.05) is 6.54 Å². The maximum absolute atomic E-state index is 11.0. The lowest BCUT2D eigenvalue weighted by Crippen LogP contribution is -2.26. The fourth-order valence-electron chi connectivity index (χ4n) is 2.08. The third kappa shape index (κ3) is 1.88. The van der Waals surface area contributed by atoms with E-state index in [1.54, 1.807) is 6.92 Å². The summed E-state index contributed by atoms with van der Waals surface area (Å²) < 4.78 is 0. The fraction of sp³-hybridized carbons (Fsp3) is 0.417. The molecule has 0 saturated heterocycles. The molecule has 0 spiro atoms. The van der Waals surface area contributed by atoms with Crippen molar-refractivity contribution in [1.29, 1.82) is 0 Å². The zero-order valence-electron chi connectivity index (χ0n) is 8.79. The van der Waals surface area contributed by atoms with Crippen LogP contribution in [0.15, 0.2) is 18.2 Å². The summed E-state index contributed by atoms with van der Waals surface area (Å²) in [6.45, 7) is 3.52. The molecule has 1 aliphatic heterocycles. The third-order valence-electron chi connectivity index (χ3n) is 3.02. The molecule has 1 aliphatic rings. The van der Waals surface area contributed by atoms with Gasteiger partial charge in [0.1, 0.15) is 0 Å². The summed E-state index contributed by atoms with van der Waals surface area (Å²) in [7, 11) is 0. The second-order valence-electron chi connectivity index (χ2n) is 3.97. The predicted octanol–water partition coefficient (Wildman–Crippen LogP) is 1.52. The lowest BCUT2D eigenvalue weighted by atomic mass is 9.89. The van der Waals surface area contributed by atoms with E-state index in [0.717, 1.165) is 25.1 Å². The number of hydrogen-bond donors (Lipinski definition) is 2. The monoisotopic (exact) mass is 205 g/mol. The van der Waals surface area contributed by atoms with Crippen molar-refractivity contribution in [1.82, 2.24) is 5.32 Å². The second kappa shape index (κ2) is 4.03. The highest BCUT2D eigenvalue weighted by Crippen LogP contribution is 2.25. The number of benzene rings is 1. The molecule has 2 rings (SSSR count). The van der Waals surface area contributed by atoms with Crippen molar-refractivity contribution in [3.63, 3.8) is 0 Å². The molecule has 0 radical (unpaired) electrons. The van der Waals surface area contributed by atoms with Crippen LogP contribution in [-0.2, 0) is 17.8 Å². The quantitative estimate of drug-likeness (QED) is 0.769. The maximum atomic E-state index is 11.0. The zero-order valence-corrected chi connectivity index (χ0v) is 8.79. The van der Waals surface area contributed by atoms with Crippen LogP contribution in [0, 0.1) is 0 Å². The number of nitrogens with one attached hydrogen (secondary N) is 1. The molecule has 3 nitrogen and oxygen atoms in total. The molecule has 0 amide bonds. The van der Waals surface area contributed by atoms with E-state index < -0.39 is 11.9 Å². The van der Waals surface area contributed by atoms with Crippen LogP contribution in [0.5, 0.6) is 0 Å². The Morgan fingerprint density at radius 2 is 2.33 bits per heavy atom. The Kier molecular flexibility index (Phi) is 2.73. The first kappa shape index (κ1) is 10.2. The van der Waals surface area contributed by atoms with Gasteiger partial charge in [0.2, 0.25) is 0 Å². The van der Waals surface area contributed by atoms with Crippen molar-refractivity contribution >= 4 is 5.97 Å². The van der Waals surface area contributed by atoms with E-state index in [4.69, 9.17) is 5.11 Å². The van der Waals surface area contributed by atoms with E-state index in [1.165, 1.54) is 11.1 Å². The van der Waals surface area contributed by atoms with Gasteiger partial charge in [-0.25, -0.2) is 0 Å². The van der Waals surface area contributed by atoms with Crippen molar-refractivity contribution in [2.24, 2.45) is 0 Å². The van der Waals surface area contributed by atoms with Gasteiger partial charge in [-0.1, -0.05) is 18.2 Å². The van der Waals surface area contributed by atoms with E-state index >= 15 is 0 Å². The molecule has 0 aliphatic carbocycles. The average molecular weight is 205 g/mol. The van der Waals surface area contributed by atoms with Gasteiger partial charge in [-0.3, -0.25) is 4.79 Å². The molecule has 3 heteroatoms. The van der Waals surface area contributed by atoms with E-state index in [1.807, 2.05) is 12.1 Å². The molecule has 1 heterocycles. The summed E-state index contributed by atoms with van der Waals surface area (Å²) in [4.78, 5) is 11.0. The highest BCUT2D eigenvalue weighted by molar-refractivity contribution is 5.76. The highest BCUT2D eigenvalue weighted by atomic mass is 16.4. The summed E-state index contributed by atoms with van der Waals surface area (Å²) in [6, 6.07) is 5.97. The second-order valence-corrected chi connectivity index (χ2v) is 3.97. The predicted molar refractivity (Wildman–Crippen MR) is 57.9 cm³/mol. The van der Waals surface area contributed by atoms with Crippen LogP contribution in [0.3, 0.4) is 0 Å². The lowest BCUT2D eigenvalue weighted by molar-refractivity contribution is -0.138. The number of hydrogen-bond acceptors (Lipinski definition) is 2. The minimum absolute atomic E-state index is 0.417. The molecule has 0 saturated carbocycles. The molecule has 0 fully saturated rings. The number of carbonyl (C=O) groups is 1. The zero-order chi connectivity index (χ0) is 10.8. The van der Waals surface area contributed by atoms with Gasteiger partial charge in [-0.15, -0.1) is 0 Å². The fourth-order valence-corrected chi connectivity index (χ4v) is 2.08. The molecule has 1 unspecified atom stereocenters. The number of carboxylic acid groups (broad SMARTS) is 1. The van der Waals surface area contributed by atoms with Gasteiger partial charge >= 0.3 is 5.97 Å². The molecule has 1 aromatic rings. The van der Waals surface area contributed by atoms with E-state index in [0.29, 0.717) is 0 Å². The molecule has 1 aromatic carbocycles. The van der Waals surface area contributed by atoms with Crippen LogP contribution < -0.4 is 5.32 Å². The number of rotatable bonds is 2. The van der Waals surface area contributed by atoms with Crippen LogP contribution in [0.25, 0.3) is 0 Å². The minimum Gasteiger partial charge on any atom is -0.481 e. The van der Waals surface area contributed by atoms with Crippen LogP contribution in [0.4, 0.5) is 0 Å². The van der Waals surface area contributed by atoms with Gasteiger partial charge in [-0.2, -0.15) is 0 Å². The van der Waals surface area contributed by atoms with Crippen LogP contribution in [-0.4, -0.2) is 17.6 Å². The van der Waals surface area contributed by atoms with Gasteiger partial charge < -0.3 is 10.4 Å². The first-order valence-electron chi connectivity index (χ1n) is 5.24. The van der Waals surface area contributed by atoms with Crippen molar-refractivity contribution in [3.8, 4) is 0 Å². The number of carboxylic acids is 1. The Morgan fingerprint density at radius 3 is 3.07 bits per heavy atom. The summed E-state index contributed by atoms with van der Waals surface area (Å²) in [5.74, 6) is -1.17. The Bertz CT molecular complexity index is 387. The molecular weight excluding hydrogens is 190 g/mol. The summed E-state index contributed by atoms with van der Waals surface area (Å²) >= 11 is 0. The topological polar surface area (TPSA) is 49.3 Å². The van der Waals surface area contributed by atoms with Gasteiger partial charge in [0.15, 0.2) is 0 Å². The normalized spacial score (nSPS) is 16.9. The van der Waals surface area contributed by atoms with Crippen molar-refractivity contribution in [2.45, 2.75) is 25.8 Å². The Hall–Kier alpha value is -1.35. The van der Waals surface area contributed by atoms with Crippen LogP contribution in [0.1, 0.15) is 29.5 Å². The van der Waals surface area contributed by atoms with E-state index in [2.05, 4.69) is 11.4 Å². The molecule has 1 atom stereocenters. The third-order valence-corrected chi connectivity index (χ3v) is 3.02. The number of aliphatic carboxylic acids is 1. The molecular formula is C12H15NO2.